The summed E-state index contributed by atoms with van der Waals surface area (Å²) >= 11 is 1.59. The molecule has 1 unspecified atom stereocenters. The molecular weight excluding hydrogens is 250 g/mol. The van der Waals surface area contributed by atoms with Gasteiger partial charge in [-0.3, -0.25) is 9.89 Å². The molecule has 0 bridgehead atoms. The van der Waals surface area contributed by atoms with E-state index >= 15 is 0 Å². The summed E-state index contributed by atoms with van der Waals surface area (Å²) in [7, 11) is 0. The van der Waals surface area contributed by atoms with Crippen LogP contribution in [0.25, 0.3) is 10.9 Å². The number of para-hydroxylation sites is 1. The van der Waals surface area contributed by atoms with Gasteiger partial charge in [-0.2, -0.15) is 16.9 Å². The second-order valence-corrected chi connectivity index (χ2v) is 5.53. The molecule has 2 aromatic rings. The van der Waals surface area contributed by atoms with Gasteiger partial charge in [-0.1, -0.05) is 12.1 Å². The molecule has 1 aliphatic heterocycles. The van der Waals surface area contributed by atoms with E-state index in [1.807, 2.05) is 12.1 Å². The van der Waals surface area contributed by atoms with E-state index in [0.717, 1.165) is 16.7 Å². The van der Waals surface area contributed by atoms with Crippen LogP contribution in [-0.4, -0.2) is 38.3 Å². The molecule has 1 aliphatic rings. The van der Waals surface area contributed by atoms with Gasteiger partial charge in [0.1, 0.15) is 0 Å². The molecule has 0 radical (unpaired) electrons. The van der Waals surface area contributed by atoms with Crippen molar-refractivity contribution in [1.29, 1.82) is 0 Å². The van der Waals surface area contributed by atoms with E-state index in [0.29, 0.717) is 17.9 Å². The molecule has 1 aromatic heterocycles. The van der Waals surface area contributed by atoms with Crippen LogP contribution in [0.1, 0.15) is 6.42 Å². The number of thioether (sulfide) groups is 1. The highest BCUT2D eigenvalue weighted by Crippen LogP contribution is 2.30. The summed E-state index contributed by atoms with van der Waals surface area (Å²) in [5.74, 6) is 0.935. The summed E-state index contributed by atoms with van der Waals surface area (Å²) in [6.07, 6.45) is 2.20. The number of aromatic nitrogens is 2. The first-order valence-corrected chi connectivity index (χ1v) is 6.88. The van der Waals surface area contributed by atoms with Crippen LogP contribution < -0.4 is 5.32 Å². The number of aromatic amines is 1. The lowest BCUT2D eigenvalue weighted by Crippen LogP contribution is -2.42. The minimum absolute atomic E-state index is 0.338. The quantitative estimate of drug-likeness (QED) is 0.764. The van der Waals surface area contributed by atoms with Gasteiger partial charge in [0.05, 0.1) is 17.4 Å². The average Bonchev–Trinajstić information content (AvgIpc) is 2.98. The maximum atomic E-state index is 12.1. The lowest BCUT2D eigenvalue weighted by atomic mass is 10.0. The van der Waals surface area contributed by atoms with Gasteiger partial charge in [-0.25, -0.2) is 0 Å². The first-order valence-electron chi connectivity index (χ1n) is 5.73. The molecule has 1 amide bonds. The second kappa shape index (κ2) is 4.29. The van der Waals surface area contributed by atoms with Crippen molar-refractivity contribution in [3.8, 4) is 0 Å². The summed E-state index contributed by atoms with van der Waals surface area (Å²) in [5, 5.41) is 20.7. The second-order valence-electron chi connectivity index (χ2n) is 4.43. The maximum Gasteiger partial charge on any atom is 0.257 e. The van der Waals surface area contributed by atoms with Crippen molar-refractivity contribution in [2.24, 2.45) is 0 Å². The van der Waals surface area contributed by atoms with Crippen molar-refractivity contribution in [3.05, 3.63) is 24.4 Å². The first-order chi connectivity index (χ1) is 8.69. The van der Waals surface area contributed by atoms with Crippen LogP contribution in [0.4, 0.5) is 5.69 Å². The standard InChI is InChI=1S/C12H13N3O2S/c16-11(12(17)4-5-18-7-12)14-9-3-1-2-8-6-13-15-10(8)9/h1-3,6,17H,4-5,7H2,(H,13,15)(H,14,16). The summed E-state index contributed by atoms with van der Waals surface area (Å²) in [6.45, 7) is 0. The molecule has 1 saturated heterocycles. The minimum atomic E-state index is -1.24. The largest absolute Gasteiger partial charge is 0.379 e. The molecule has 0 spiro atoms. The van der Waals surface area contributed by atoms with E-state index in [4.69, 9.17) is 0 Å². The molecule has 18 heavy (non-hydrogen) atoms. The number of rotatable bonds is 2. The summed E-state index contributed by atoms with van der Waals surface area (Å²) in [6, 6.07) is 5.55. The first kappa shape index (κ1) is 11.6. The van der Waals surface area contributed by atoms with Crippen molar-refractivity contribution in [1.82, 2.24) is 10.2 Å². The third-order valence-corrected chi connectivity index (χ3v) is 4.32. The van der Waals surface area contributed by atoms with Crippen LogP contribution in [0.3, 0.4) is 0 Å². The third kappa shape index (κ3) is 1.87. The van der Waals surface area contributed by atoms with E-state index in [1.54, 1.807) is 24.0 Å². The summed E-state index contributed by atoms with van der Waals surface area (Å²) in [4.78, 5) is 12.1. The summed E-state index contributed by atoms with van der Waals surface area (Å²) < 4.78 is 0. The Balaban J connectivity index is 1.88. The van der Waals surface area contributed by atoms with Gasteiger partial charge in [0.2, 0.25) is 0 Å². The monoisotopic (exact) mass is 263 g/mol. The normalized spacial score (nSPS) is 23.4. The fraction of sp³-hybridized carbons (Fsp3) is 0.333. The molecule has 1 fully saturated rings. The van der Waals surface area contributed by atoms with Gasteiger partial charge in [-0.05, 0) is 18.2 Å². The number of fused-ring (bicyclic) bond motifs is 1. The number of amides is 1. The lowest BCUT2D eigenvalue weighted by molar-refractivity contribution is -0.131. The van der Waals surface area contributed by atoms with Gasteiger partial charge in [0, 0.05) is 11.1 Å². The Kier molecular flexibility index (Phi) is 2.76. The van der Waals surface area contributed by atoms with Crippen molar-refractivity contribution in [2.45, 2.75) is 12.0 Å². The van der Waals surface area contributed by atoms with Crippen LogP contribution in [-0.2, 0) is 4.79 Å². The molecule has 2 heterocycles. The fourth-order valence-electron chi connectivity index (χ4n) is 2.04. The number of carbonyl (C=O) groups is 1. The van der Waals surface area contributed by atoms with Crippen molar-refractivity contribution < 1.29 is 9.90 Å². The Morgan fingerprint density at radius 1 is 1.56 bits per heavy atom. The van der Waals surface area contributed by atoms with Gasteiger partial charge in [0.25, 0.3) is 5.91 Å². The zero-order chi connectivity index (χ0) is 12.6. The third-order valence-electron chi connectivity index (χ3n) is 3.15. The van der Waals surface area contributed by atoms with Gasteiger partial charge >= 0.3 is 0 Å². The van der Waals surface area contributed by atoms with Gasteiger partial charge in [-0.15, -0.1) is 0 Å². The van der Waals surface area contributed by atoms with Crippen LogP contribution in [0.2, 0.25) is 0 Å². The number of benzene rings is 1. The Hall–Kier alpha value is -1.53. The van der Waals surface area contributed by atoms with E-state index in [1.165, 1.54) is 0 Å². The highest BCUT2D eigenvalue weighted by Gasteiger charge is 2.39. The summed E-state index contributed by atoms with van der Waals surface area (Å²) in [5.41, 5.74) is 0.188. The zero-order valence-electron chi connectivity index (χ0n) is 9.64. The number of aliphatic hydroxyl groups is 1. The van der Waals surface area contributed by atoms with E-state index < -0.39 is 5.60 Å². The number of H-pyrrole nitrogens is 1. The fourth-order valence-corrected chi connectivity index (χ4v) is 3.28. The topological polar surface area (TPSA) is 78.0 Å². The molecule has 3 rings (SSSR count). The molecule has 5 nitrogen and oxygen atoms in total. The van der Waals surface area contributed by atoms with Crippen molar-refractivity contribution in [2.75, 3.05) is 16.8 Å². The van der Waals surface area contributed by atoms with Crippen molar-refractivity contribution >= 4 is 34.3 Å². The van der Waals surface area contributed by atoms with E-state index in [9.17, 15) is 9.90 Å². The Bertz CT molecular complexity index is 590. The average molecular weight is 263 g/mol. The molecule has 1 aromatic carbocycles. The Morgan fingerprint density at radius 3 is 3.22 bits per heavy atom. The molecule has 94 valence electrons. The predicted molar refractivity (Wildman–Crippen MR) is 71.6 cm³/mol. The Labute approximate surface area is 108 Å². The number of carbonyl (C=O) groups excluding carboxylic acids is 1. The van der Waals surface area contributed by atoms with Crippen LogP contribution >= 0.6 is 11.8 Å². The molecule has 3 N–H and O–H groups in total. The lowest BCUT2D eigenvalue weighted by Gasteiger charge is -2.20. The van der Waals surface area contributed by atoms with Crippen molar-refractivity contribution in [3.63, 3.8) is 0 Å². The van der Waals surface area contributed by atoms with E-state index in [-0.39, 0.29) is 5.91 Å². The highest BCUT2D eigenvalue weighted by atomic mass is 32.2. The van der Waals surface area contributed by atoms with Crippen LogP contribution in [0.15, 0.2) is 24.4 Å². The van der Waals surface area contributed by atoms with Crippen LogP contribution in [0.5, 0.6) is 0 Å². The number of hydrogen-bond donors (Lipinski definition) is 3. The molecule has 6 heteroatoms. The highest BCUT2D eigenvalue weighted by molar-refractivity contribution is 7.99. The zero-order valence-corrected chi connectivity index (χ0v) is 10.5. The minimum Gasteiger partial charge on any atom is -0.379 e. The smallest absolute Gasteiger partial charge is 0.257 e. The molecule has 1 atom stereocenters. The molecule has 0 saturated carbocycles. The SMILES string of the molecule is O=C(Nc1cccc2cn[nH]c12)C1(O)CCSC1. The Morgan fingerprint density at radius 2 is 2.44 bits per heavy atom. The van der Waals surface area contributed by atoms with Gasteiger partial charge in [0.15, 0.2) is 5.60 Å². The molecular formula is C12H13N3O2S. The number of anilines is 1. The molecule has 0 aliphatic carbocycles. The van der Waals surface area contributed by atoms with E-state index in [2.05, 4.69) is 15.5 Å². The van der Waals surface area contributed by atoms with Crippen LogP contribution in [0, 0.1) is 0 Å². The number of hydrogen-bond acceptors (Lipinski definition) is 4. The van der Waals surface area contributed by atoms with Gasteiger partial charge < -0.3 is 10.4 Å². The maximum absolute atomic E-state index is 12.1. The predicted octanol–water partition coefficient (Wildman–Crippen LogP) is 1.37. The number of nitrogens with zero attached hydrogens (tertiary/aromatic N) is 1. The number of nitrogens with one attached hydrogen (secondary N) is 2.